The first-order chi connectivity index (χ1) is 9.40. The molecule has 2 saturated carbocycles. The summed E-state index contributed by atoms with van der Waals surface area (Å²) in [5.74, 6) is 0.627. The van der Waals surface area contributed by atoms with Crippen molar-refractivity contribution in [3.8, 4) is 0 Å². The number of ketones is 1. The zero-order valence-corrected chi connectivity index (χ0v) is 12.4. The van der Waals surface area contributed by atoms with Crippen LogP contribution >= 0.6 is 0 Å². The van der Waals surface area contributed by atoms with Crippen LogP contribution in [0.25, 0.3) is 0 Å². The monoisotopic (exact) mass is 279 g/mol. The molecule has 112 valence electrons. The van der Waals surface area contributed by atoms with E-state index in [-0.39, 0.29) is 11.0 Å². The van der Waals surface area contributed by atoms with Gasteiger partial charge in [-0.2, -0.15) is 0 Å². The topological polar surface area (TPSA) is 60.2 Å². The van der Waals surface area contributed by atoms with Gasteiger partial charge in [0, 0.05) is 23.7 Å². The quantitative estimate of drug-likeness (QED) is 0.434. The standard InChI is InChI=1S/C9H14O.C7H11NO2/c1-7-4-3-5-9(6-7)8(2)10;1-6-2-4-7(5-3-6)8(9)10/h9H,1,3-6H2,2H3;7H,1-5H2. The zero-order chi connectivity index (χ0) is 15.1. The van der Waals surface area contributed by atoms with Gasteiger partial charge in [0.2, 0.25) is 6.04 Å². The van der Waals surface area contributed by atoms with Crippen LogP contribution in [0.3, 0.4) is 0 Å². The number of carbonyl (C=O) groups excluding carboxylic acids is 1. The minimum Gasteiger partial charge on any atom is -0.300 e. The average molecular weight is 279 g/mol. The summed E-state index contributed by atoms with van der Waals surface area (Å²) in [6, 6.07) is -0.300. The summed E-state index contributed by atoms with van der Waals surface area (Å²) in [6.45, 7) is 9.36. The predicted octanol–water partition coefficient (Wildman–Crippen LogP) is 4.08. The van der Waals surface area contributed by atoms with Crippen LogP contribution in [0.1, 0.15) is 58.3 Å². The van der Waals surface area contributed by atoms with Crippen molar-refractivity contribution in [2.75, 3.05) is 0 Å². The van der Waals surface area contributed by atoms with Crippen LogP contribution in [-0.2, 0) is 4.79 Å². The Labute approximate surface area is 121 Å². The third-order valence-corrected chi connectivity index (χ3v) is 4.15. The minimum atomic E-state index is -0.300. The SMILES string of the molecule is C=C1CCC([N+](=O)[O-])CC1.C=C1CCCC(C(C)=O)C1. The van der Waals surface area contributed by atoms with Crippen LogP contribution in [0.5, 0.6) is 0 Å². The molecule has 0 saturated heterocycles. The van der Waals surface area contributed by atoms with Gasteiger partial charge in [-0.25, -0.2) is 0 Å². The maximum absolute atomic E-state index is 10.9. The number of nitro groups is 1. The Bertz CT molecular complexity index is 389. The lowest BCUT2D eigenvalue weighted by molar-refractivity contribution is -0.525. The lowest BCUT2D eigenvalue weighted by atomic mass is 9.84. The van der Waals surface area contributed by atoms with Gasteiger partial charge in [0.15, 0.2) is 0 Å². The molecule has 0 radical (unpaired) electrons. The van der Waals surface area contributed by atoms with E-state index in [0.29, 0.717) is 24.5 Å². The average Bonchev–Trinajstić information content (AvgIpc) is 2.40. The molecule has 20 heavy (non-hydrogen) atoms. The molecule has 1 atom stereocenters. The van der Waals surface area contributed by atoms with E-state index in [2.05, 4.69) is 13.2 Å². The van der Waals surface area contributed by atoms with Gasteiger partial charge in [0.1, 0.15) is 5.78 Å². The molecule has 0 bridgehead atoms. The summed E-state index contributed by atoms with van der Waals surface area (Å²) in [6.07, 6.45) is 7.35. The molecule has 2 rings (SSSR count). The van der Waals surface area contributed by atoms with E-state index >= 15 is 0 Å². The van der Waals surface area contributed by atoms with Gasteiger partial charge in [-0.05, 0) is 45.4 Å². The zero-order valence-electron chi connectivity index (χ0n) is 12.4. The van der Waals surface area contributed by atoms with Crippen molar-refractivity contribution in [2.45, 2.75) is 64.3 Å². The Hall–Kier alpha value is -1.45. The maximum Gasteiger partial charge on any atom is 0.213 e. The summed E-state index contributed by atoms with van der Waals surface area (Å²) < 4.78 is 0. The fourth-order valence-electron chi connectivity index (χ4n) is 2.72. The highest BCUT2D eigenvalue weighted by Gasteiger charge is 2.23. The second kappa shape index (κ2) is 7.98. The Kier molecular flexibility index (Phi) is 6.62. The Morgan fingerprint density at radius 1 is 1.15 bits per heavy atom. The molecule has 0 aromatic heterocycles. The van der Waals surface area contributed by atoms with E-state index in [9.17, 15) is 14.9 Å². The summed E-state index contributed by atoms with van der Waals surface area (Å²) in [5, 5.41) is 10.2. The summed E-state index contributed by atoms with van der Waals surface area (Å²) in [5.41, 5.74) is 2.42. The van der Waals surface area contributed by atoms with Crippen LogP contribution in [0.15, 0.2) is 24.3 Å². The molecular weight excluding hydrogens is 254 g/mol. The van der Waals surface area contributed by atoms with Gasteiger partial charge in [-0.1, -0.05) is 24.3 Å². The normalized spacial score (nSPS) is 23.8. The van der Waals surface area contributed by atoms with Crippen molar-refractivity contribution in [1.29, 1.82) is 0 Å². The van der Waals surface area contributed by atoms with Crippen LogP contribution < -0.4 is 0 Å². The summed E-state index contributed by atoms with van der Waals surface area (Å²) in [4.78, 5) is 21.0. The number of hydrogen-bond acceptors (Lipinski definition) is 3. The molecule has 0 spiro atoms. The van der Waals surface area contributed by atoms with E-state index < -0.39 is 0 Å². The second-order valence-electron chi connectivity index (χ2n) is 5.92. The first-order valence-corrected chi connectivity index (χ1v) is 7.37. The van der Waals surface area contributed by atoms with Crippen LogP contribution in [-0.4, -0.2) is 16.7 Å². The molecule has 0 N–H and O–H groups in total. The number of hydrogen-bond donors (Lipinski definition) is 0. The number of rotatable bonds is 2. The highest BCUT2D eigenvalue weighted by Crippen LogP contribution is 2.27. The highest BCUT2D eigenvalue weighted by atomic mass is 16.6. The minimum absolute atomic E-state index is 0.174. The van der Waals surface area contributed by atoms with E-state index in [1.165, 1.54) is 5.57 Å². The molecule has 0 aromatic rings. The van der Waals surface area contributed by atoms with Gasteiger partial charge in [0.25, 0.3) is 0 Å². The molecule has 1 unspecified atom stereocenters. The molecule has 2 fully saturated rings. The molecule has 4 heteroatoms. The molecule has 0 aliphatic heterocycles. The number of carbonyl (C=O) groups is 1. The molecule has 0 aromatic carbocycles. The predicted molar refractivity (Wildman–Crippen MR) is 80.2 cm³/mol. The molecule has 0 amide bonds. The molecule has 2 aliphatic rings. The van der Waals surface area contributed by atoms with Gasteiger partial charge < -0.3 is 0 Å². The van der Waals surface area contributed by atoms with Crippen LogP contribution in [0, 0.1) is 16.0 Å². The van der Waals surface area contributed by atoms with Gasteiger partial charge in [-0.15, -0.1) is 0 Å². The van der Waals surface area contributed by atoms with E-state index in [1.54, 1.807) is 6.92 Å². The largest absolute Gasteiger partial charge is 0.300 e. The van der Waals surface area contributed by atoms with E-state index in [4.69, 9.17) is 0 Å². The Morgan fingerprint density at radius 3 is 2.15 bits per heavy atom. The molecule has 2 aliphatic carbocycles. The fraction of sp³-hybridized carbons (Fsp3) is 0.688. The lowest BCUT2D eigenvalue weighted by Crippen LogP contribution is -2.22. The van der Waals surface area contributed by atoms with Crippen LogP contribution in [0.4, 0.5) is 0 Å². The summed E-state index contributed by atoms with van der Waals surface area (Å²) in [7, 11) is 0. The van der Waals surface area contributed by atoms with Crippen molar-refractivity contribution >= 4 is 5.78 Å². The van der Waals surface area contributed by atoms with Crippen molar-refractivity contribution in [1.82, 2.24) is 0 Å². The Balaban J connectivity index is 0.000000200. The van der Waals surface area contributed by atoms with Crippen molar-refractivity contribution in [3.63, 3.8) is 0 Å². The molecule has 4 nitrogen and oxygen atoms in total. The molecular formula is C16H25NO3. The highest BCUT2D eigenvalue weighted by molar-refractivity contribution is 5.78. The van der Waals surface area contributed by atoms with Crippen LogP contribution in [0.2, 0.25) is 0 Å². The van der Waals surface area contributed by atoms with Crippen molar-refractivity contribution < 1.29 is 9.72 Å². The Morgan fingerprint density at radius 2 is 1.75 bits per heavy atom. The van der Waals surface area contributed by atoms with E-state index in [0.717, 1.165) is 44.1 Å². The second-order valence-corrected chi connectivity index (χ2v) is 5.92. The first-order valence-electron chi connectivity index (χ1n) is 7.37. The third-order valence-electron chi connectivity index (χ3n) is 4.15. The number of nitrogens with zero attached hydrogens (tertiary/aromatic N) is 1. The smallest absolute Gasteiger partial charge is 0.213 e. The third kappa shape index (κ3) is 5.68. The summed E-state index contributed by atoms with van der Waals surface area (Å²) >= 11 is 0. The van der Waals surface area contributed by atoms with Gasteiger partial charge in [0.05, 0.1) is 0 Å². The van der Waals surface area contributed by atoms with E-state index in [1.807, 2.05) is 0 Å². The molecule has 0 heterocycles. The fourth-order valence-corrected chi connectivity index (χ4v) is 2.72. The number of Topliss-reactive ketones (excluding diaryl/α,β-unsaturated/α-hetero) is 1. The lowest BCUT2D eigenvalue weighted by Gasteiger charge is -2.20. The first kappa shape index (κ1) is 16.6. The van der Waals surface area contributed by atoms with Crippen molar-refractivity contribution in [2.24, 2.45) is 5.92 Å². The van der Waals surface area contributed by atoms with Gasteiger partial charge >= 0.3 is 0 Å². The van der Waals surface area contributed by atoms with Crippen molar-refractivity contribution in [3.05, 3.63) is 34.4 Å². The number of allylic oxidation sites excluding steroid dienone is 2. The van der Waals surface area contributed by atoms with Gasteiger partial charge in [-0.3, -0.25) is 14.9 Å². The maximum atomic E-state index is 10.9.